The van der Waals surface area contributed by atoms with Crippen LogP contribution < -0.4 is 4.90 Å². The molecule has 2 aromatic heterocycles. The minimum Gasteiger partial charge on any atom is -0.368 e. The van der Waals surface area contributed by atoms with Gasteiger partial charge < -0.3 is 14.5 Å². The van der Waals surface area contributed by atoms with E-state index in [2.05, 4.69) is 9.97 Å². The molecule has 24 heavy (non-hydrogen) atoms. The number of thiazole rings is 1. The second-order valence-corrected chi connectivity index (χ2v) is 7.11. The Kier molecular flexibility index (Phi) is 5.11. The summed E-state index contributed by atoms with van der Waals surface area (Å²) < 4.78 is 5.84. The van der Waals surface area contributed by atoms with Crippen molar-refractivity contribution in [1.82, 2.24) is 14.9 Å². The molecule has 0 aromatic carbocycles. The van der Waals surface area contributed by atoms with Gasteiger partial charge in [0.2, 0.25) is 5.91 Å². The van der Waals surface area contributed by atoms with E-state index in [1.54, 1.807) is 11.3 Å². The molecule has 1 atom stereocenters. The van der Waals surface area contributed by atoms with E-state index in [-0.39, 0.29) is 12.0 Å². The first-order valence-corrected chi connectivity index (χ1v) is 8.85. The monoisotopic (exact) mass is 346 g/mol. The van der Waals surface area contributed by atoms with Crippen molar-refractivity contribution in [2.24, 2.45) is 0 Å². The Labute approximate surface area is 146 Å². The molecule has 3 rings (SSSR count). The van der Waals surface area contributed by atoms with Crippen molar-refractivity contribution in [3.8, 4) is 0 Å². The standard InChI is InChI=1S/C17H22N4O2S/c1-12-18-13(11-24-12)9-17(22)21-7-8-23-15(10-21)14-5-4-6-16(19-14)20(2)3/h4-6,11,15H,7-10H2,1-3H3/t15-/m0/s1. The number of nitrogens with zero attached hydrogens (tertiary/aromatic N) is 4. The van der Waals surface area contributed by atoms with E-state index in [9.17, 15) is 4.79 Å². The highest BCUT2D eigenvalue weighted by molar-refractivity contribution is 7.09. The third-order valence-corrected chi connectivity index (χ3v) is 4.78. The number of carbonyl (C=O) groups is 1. The maximum atomic E-state index is 12.5. The third-order valence-electron chi connectivity index (χ3n) is 3.96. The van der Waals surface area contributed by atoms with Crippen LogP contribution in [0.4, 0.5) is 5.82 Å². The molecule has 0 unspecified atom stereocenters. The van der Waals surface area contributed by atoms with Crippen LogP contribution in [0.25, 0.3) is 0 Å². The topological polar surface area (TPSA) is 58.6 Å². The molecular weight excluding hydrogens is 324 g/mol. The van der Waals surface area contributed by atoms with Gasteiger partial charge in [-0.3, -0.25) is 4.79 Å². The van der Waals surface area contributed by atoms with Gasteiger partial charge in [0.1, 0.15) is 11.9 Å². The summed E-state index contributed by atoms with van der Waals surface area (Å²) in [5, 5.41) is 2.94. The quantitative estimate of drug-likeness (QED) is 0.848. The second-order valence-electron chi connectivity index (χ2n) is 6.05. The Morgan fingerprint density at radius 1 is 1.42 bits per heavy atom. The molecule has 0 aliphatic carbocycles. The summed E-state index contributed by atoms with van der Waals surface area (Å²) in [4.78, 5) is 25.4. The summed E-state index contributed by atoms with van der Waals surface area (Å²) in [5.74, 6) is 0.981. The molecule has 0 saturated carbocycles. The summed E-state index contributed by atoms with van der Waals surface area (Å²) in [6.45, 7) is 3.63. The van der Waals surface area contributed by atoms with Crippen molar-refractivity contribution < 1.29 is 9.53 Å². The molecule has 2 aromatic rings. The van der Waals surface area contributed by atoms with Gasteiger partial charge in [-0.2, -0.15) is 0 Å². The fourth-order valence-corrected chi connectivity index (χ4v) is 3.29. The molecule has 0 bridgehead atoms. The molecule has 128 valence electrons. The van der Waals surface area contributed by atoms with Gasteiger partial charge in [0, 0.05) is 26.0 Å². The van der Waals surface area contributed by atoms with Gasteiger partial charge >= 0.3 is 0 Å². The maximum absolute atomic E-state index is 12.5. The van der Waals surface area contributed by atoms with Crippen LogP contribution in [-0.2, 0) is 16.0 Å². The largest absolute Gasteiger partial charge is 0.368 e. The van der Waals surface area contributed by atoms with E-state index < -0.39 is 0 Å². The zero-order chi connectivity index (χ0) is 17.1. The predicted molar refractivity (Wildman–Crippen MR) is 94.4 cm³/mol. The van der Waals surface area contributed by atoms with Gasteiger partial charge in [-0.05, 0) is 19.1 Å². The van der Waals surface area contributed by atoms with Crippen molar-refractivity contribution in [2.45, 2.75) is 19.4 Å². The number of hydrogen-bond donors (Lipinski definition) is 0. The Hall–Kier alpha value is -1.99. The Morgan fingerprint density at radius 2 is 2.25 bits per heavy atom. The molecule has 6 nitrogen and oxygen atoms in total. The summed E-state index contributed by atoms with van der Waals surface area (Å²) in [7, 11) is 3.92. The lowest BCUT2D eigenvalue weighted by molar-refractivity contribution is -0.138. The van der Waals surface area contributed by atoms with Crippen molar-refractivity contribution in [1.29, 1.82) is 0 Å². The molecular formula is C17H22N4O2S. The molecule has 1 fully saturated rings. The number of aromatic nitrogens is 2. The van der Waals surface area contributed by atoms with E-state index in [1.807, 2.05) is 54.4 Å². The van der Waals surface area contributed by atoms with Crippen LogP contribution in [0.3, 0.4) is 0 Å². The lowest BCUT2D eigenvalue weighted by atomic mass is 10.1. The average Bonchev–Trinajstić information content (AvgIpc) is 3.00. The van der Waals surface area contributed by atoms with Crippen LogP contribution >= 0.6 is 11.3 Å². The maximum Gasteiger partial charge on any atom is 0.228 e. The Morgan fingerprint density at radius 3 is 2.96 bits per heavy atom. The minimum atomic E-state index is -0.181. The summed E-state index contributed by atoms with van der Waals surface area (Å²) >= 11 is 1.57. The van der Waals surface area contributed by atoms with Crippen molar-refractivity contribution in [3.05, 3.63) is 40.0 Å². The molecule has 1 saturated heterocycles. The number of ether oxygens (including phenoxy) is 1. The van der Waals surface area contributed by atoms with Crippen molar-refractivity contribution in [3.63, 3.8) is 0 Å². The molecule has 0 radical (unpaired) electrons. The van der Waals surface area contributed by atoms with Crippen molar-refractivity contribution in [2.75, 3.05) is 38.7 Å². The zero-order valence-electron chi connectivity index (χ0n) is 14.2. The number of morpholine rings is 1. The number of carbonyl (C=O) groups excluding carboxylic acids is 1. The van der Waals surface area contributed by atoms with E-state index in [0.717, 1.165) is 22.2 Å². The molecule has 1 amide bonds. The molecule has 3 heterocycles. The first kappa shape index (κ1) is 16.9. The van der Waals surface area contributed by atoms with Gasteiger partial charge in [-0.1, -0.05) is 6.07 Å². The first-order valence-electron chi connectivity index (χ1n) is 7.97. The van der Waals surface area contributed by atoms with Gasteiger partial charge in [-0.25, -0.2) is 9.97 Å². The number of rotatable bonds is 4. The zero-order valence-corrected chi connectivity index (χ0v) is 15.0. The van der Waals surface area contributed by atoms with Gasteiger partial charge in [0.25, 0.3) is 0 Å². The Bertz CT molecular complexity index is 716. The van der Waals surface area contributed by atoms with Crippen LogP contribution in [0.1, 0.15) is 22.5 Å². The highest BCUT2D eigenvalue weighted by Crippen LogP contribution is 2.23. The van der Waals surface area contributed by atoms with Crippen LogP contribution in [0, 0.1) is 6.92 Å². The molecule has 0 spiro atoms. The minimum absolute atomic E-state index is 0.0948. The summed E-state index contributed by atoms with van der Waals surface area (Å²) in [5.41, 5.74) is 1.71. The Balaban J connectivity index is 1.67. The molecule has 7 heteroatoms. The number of hydrogen-bond acceptors (Lipinski definition) is 6. The highest BCUT2D eigenvalue weighted by Gasteiger charge is 2.26. The van der Waals surface area contributed by atoms with E-state index in [4.69, 9.17) is 4.74 Å². The normalized spacial score (nSPS) is 17.8. The lowest BCUT2D eigenvalue weighted by Gasteiger charge is -2.33. The van der Waals surface area contributed by atoms with Crippen LogP contribution in [0.5, 0.6) is 0 Å². The summed E-state index contributed by atoms with van der Waals surface area (Å²) in [6.07, 6.45) is 0.169. The number of pyridine rings is 1. The molecule has 1 aliphatic rings. The SMILES string of the molecule is Cc1nc(CC(=O)N2CCO[C@H](c3cccc(N(C)C)n3)C2)cs1. The predicted octanol–water partition coefficient (Wildman–Crippen LogP) is 2.06. The first-order chi connectivity index (χ1) is 11.5. The van der Waals surface area contributed by atoms with Crippen LogP contribution in [-0.4, -0.2) is 54.6 Å². The number of amides is 1. The third kappa shape index (κ3) is 3.91. The van der Waals surface area contributed by atoms with Gasteiger partial charge in [0.05, 0.1) is 36.0 Å². The van der Waals surface area contributed by atoms with Crippen LogP contribution in [0.15, 0.2) is 23.6 Å². The van der Waals surface area contributed by atoms with Crippen molar-refractivity contribution >= 4 is 23.1 Å². The number of aryl methyl sites for hydroxylation is 1. The summed E-state index contributed by atoms with van der Waals surface area (Å²) in [6, 6.07) is 5.88. The lowest BCUT2D eigenvalue weighted by Crippen LogP contribution is -2.43. The average molecular weight is 346 g/mol. The van der Waals surface area contributed by atoms with Gasteiger partial charge in [0.15, 0.2) is 0 Å². The fraction of sp³-hybridized carbons (Fsp3) is 0.471. The van der Waals surface area contributed by atoms with E-state index in [0.29, 0.717) is 26.1 Å². The van der Waals surface area contributed by atoms with Crippen LogP contribution in [0.2, 0.25) is 0 Å². The molecule has 1 aliphatic heterocycles. The van der Waals surface area contributed by atoms with Gasteiger partial charge in [-0.15, -0.1) is 11.3 Å². The highest BCUT2D eigenvalue weighted by atomic mass is 32.1. The number of anilines is 1. The van der Waals surface area contributed by atoms with E-state index >= 15 is 0 Å². The smallest absolute Gasteiger partial charge is 0.228 e. The fourth-order valence-electron chi connectivity index (χ4n) is 2.68. The second kappa shape index (κ2) is 7.27. The molecule has 0 N–H and O–H groups in total. The van der Waals surface area contributed by atoms with E-state index in [1.165, 1.54) is 0 Å².